The van der Waals surface area contributed by atoms with Gasteiger partial charge in [0.15, 0.2) is 0 Å². The Balaban J connectivity index is 0.000000170. The maximum atomic E-state index is 12.5. The zero-order valence-corrected chi connectivity index (χ0v) is 36.9. The molecular formula is C42H41Br2ClN10O6. The summed E-state index contributed by atoms with van der Waals surface area (Å²) in [5.41, 5.74) is 8.06. The lowest BCUT2D eigenvalue weighted by molar-refractivity contribution is 0.0501. The van der Waals surface area contributed by atoms with Crippen molar-refractivity contribution in [1.29, 1.82) is 0 Å². The Morgan fingerprint density at radius 1 is 0.820 bits per heavy atom. The number of amides is 2. The van der Waals surface area contributed by atoms with Crippen molar-refractivity contribution >= 4 is 83.7 Å². The molecule has 6 aromatic rings. The number of aromatic nitrogens is 4. The lowest BCUT2D eigenvalue weighted by atomic mass is 10.0. The number of benzene rings is 2. The molecule has 0 saturated carbocycles. The van der Waals surface area contributed by atoms with Gasteiger partial charge in [-0.05, 0) is 69.0 Å². The molecule has 5 N–H and O–H groups in total. The molecule has 2 amide bonds. The van der Waals surface area contributed by atoms with Gasteiger partial charge in [0, 0.05) is 34.4 Å². The zero-order chi connectivity index (χ0) is 43.9. The average Bonchev–Trinajstić information content (AvgIpc) is 3.99. The van der Waals surface area contributed by atoms with Gasteiger partial charge in [-0.25, -0.2) is 28.3 Å². The number of ether oxygens (including phenoxy) is 2. The van der Waals surface area contributed by atoms with Crippen molar-refractivity contribution in [3.05, 3.63) is 146 Å². The molecule has 0 spiro atoms. The topological polar surface area (TPSA) is 181 Å². The Labute approximate surface area is 373 Å². The molecule has 2 aliphatic rings. The standard InChI is InChI=1S/C21H20BrN5O3.C13H18N2O3.C8H3BrClN3/c1-21(29)13-26(20(28)30-12-14-6-4-3-5-7-14)11-18(21)25-19-16(23-2)9-24-27-10-15(22)8-17(19)27;1-13(17)9-15(7-11(13)14)12(16)18-8-10-5-3-2-4-6-10;1-11-6-3-12-13-4-5(9)2-7(13)8(6)10/h3-10,18,25,29H,11-13H2,1H3;2-6,11,17H,7-9,14H2,1H3;2-4H/t18-,21-;11-,13-;/m11./s1. The highest BCUT2D eigenvalue weighted by Crippen LogP contribution is 2.35. The predicted molar refractivity (Wildman–Crippen MR) is 236 cm³/mol. The van der Waals surface area contributed by atoms with Crippen LogP contribution in [-0.4, -0.2) is 101 Å². The fourth-order valence-corrected chi connectivity index (χ4v) is 7.62. The zero-order valence-electron chi connectivity index (χ0n) is 33.0. The molecule has 2 saturated heterocycles. The highest BCUT2D eigenvalue weighted by Gasteiger charge is 2.45. The van der Waals surface area contributed by atoms with E-state index in [1.807, 2.05) is 72.8 Å². The van der Waals surface area contributed by atoms with E-state index in [0.29, 0.717) is 34.1 Å². The van der Waals surface area contributed by atoms with Gasteiger partial charge in [-0.15, -0.1) is 0 Å². The Bertz CT molecular complexity index is 2590. The maximum absolute atomic E-state index is 12.5. The molecule has 0 aliphatic carbocycles. The second kappa shape index (κ2) is 19.3. The van der Waals surface area contributed by atoms with E-state index in [0.717, 1.165) is 25.6 Å². The van der Waals surface area contributed by atoms with Crippen molar-refractivity contribution in [3.63, 3.8) is 0 Å². The summed E-state index contributed by atoms with van der Waals surface area (Å²) < 4.78 is 15.6. The second-order valence-corrected chi connectivity index (χ2v) is 17.0. The number of carbonyl (C=O) groups excluding carboxylic acids is 2. The fourth-order valence-electron chi connectivity index (χ4n) is 6.57. The number of aliphatic hydroxyl groups is 2. The smallest absolute Gasteiger partial charge is 0.410 e. The predicted octanol–water partition coefficient (Wildman–Crippen LogP) is 7.85. The minimum absolute atomic E-state index is 0.123. The molecular weight excluding hydrogens is 936 g/mol. The molecule has 2 aromatic carbocycles. The normalized spacial score (nSPS) is 20.5. The summed E-state index contributed by atoms with van der Waals surface area (Å²) in [6.45, 7) is 18.9. The van der Waals surface area contributed by atoms with Gasteiger partial charge in [0.2, 0.25) is 11.4 Å². The van der Waals surface area contributed by atoms with Crippen LogP contribution in [0.25, 0.3) is 20.7 Å². The third-order valence-electron chi connectivity index (χ3n) is 9.98. The molecule has 8 rings (SSSR count). The Morgan fingerprint density at radius 3 is 1.80 bits per heavy atom. The molecule has 4 atom stereocenters. The Morgan fingerprint density at radius 2 is 1.30 bits per heavy atom. The van der Waals surface area contributed by atoms with Crippen LogP contribution in [0.3, 0.4) is 0 Å². The molecule has 0 unspecified atom stereocenters. The molecule has 4 aromatic heterocycles. The van der Waals surface area contributed by atoms with Crippen LogP contribution in [0.5, 0.6) is 0 Å². The van der Waals surface area contributed by atoms with Gasteiger partial charge in [0.1, 0.15) is 18.8 Å². The molecule has 0 radical (unpaired) electrons. The minimum atomic E-state index is -1.20. The van der Waals surface area contributed by atoms with E-state index in [-0.39, 0.29) is 32.8 Å². The highest BCUT2D eigenvalue weighted by molar-refractivity contribution is 9.10. The van der Waals surface area contributed by atoms with Crippen LogP contribution in [0, 0.1) is 13.1 Å². The van der Waals surface area contributed by atoms with E-state index in [9.17, 15) is 19.8 Å². The summed E-state index contributed by atoms with van der Waals surface area (Å²) in [6.07, 6.45) is 5.58. The van der Waals surface area contributed by atoms with Gasteiger partial charge in [0.05, 0.1) is 78.1 Å². The summed E-state index contributed by atoms with van der Waals surface area (Å²) in [7, 11) is 0. The Kier molecular flexibility index (Phi) is 14.2. The minimum Gasteiger partial charge on any atom is -0.445 e. The first kappa shape index (κ1) is 44.8. The third kappa shape index (κ3) is 11.0. The summed E-state index contributed by atoms with van der Waals surface area (Å²) >= 11 is 12.7. The van der Waals surface area contributed by atoms with Crippen LogP contribution in [0.1, 0.15) is 25.0 Å². The highest BCUT2D eigenvalue weighted by atomic mass is 79.9. The summed E-state index contributed by atoms with van der Waals surface area (Å²) in [6, 6.07) is 21.6. The number of β-amino-alcohol motifs (C(OH)–C–C–N with tert-alkyl or cyclic N) is 2. The Hall–Kier alpha value is -5.73. The molecule has 2 fully saturated rings. The molecule has 0 bridgehead atoms. The van der Waals surface area contributed by atoms with Gasteiger partial charge >= 0.3 is 12.2 Å². The third-order valence-corrected chi connectivity index (χ3v) is 11.2. The average molecular weight is 977 g/mol. The van der Waals surface area contributed by atoms with Crippen LogP contribution >= 0.6 is 43.5 Å². The number of nitrogens with two attached hydrogens (primary N) is 1. The number of hydrogen-bond acceptors (Lipinski definition) is 10. The molecule has 16 nitrogen and oxygen atoms in total. The second-order valence-electron chi connectivity index (χ2n) is 14.8. The largest absolute Gasteiger partial charge is 0.445 e. The fraction of sp³-hybridized carbons (Fsp3) is 0.286. The summed E-state index contributed by atoms with van der Waals surface area (Å²) in [5.74, 6) is 0. The number of anilines is 1. The van der Waals surface area contributed by atoms with Crippen molar-refractivity contribution < 1.29 is 29.3 Å². The van der Waals surface area contributed by atoms with Crippen LogP contribution < -0.4 is 11.1 Å². The number of halogens is 3. The maximum Gasteiger partial charge on any atom is 0.410 e. The first-order chi connectivity index (χ1) is 29.1. The van der Waals surface area contributed by atoms with Crippen LogP contribution in [0.2, 0.25) is 5.02 Å². The number of nitrogens with one attached hydrogen (secondary N) is 1. The number of carbonyl (C=O) groups is 2. The van der Waals surface area contributed by atoms with E-state index < -0.39 is 35.5 Å². The van der Waals surface area contributed by atoms with E-state index in [4.69, 9.17) is 40.0 Å². The van der Waals surface area contributed by atoms with Crippen molar-refractivity contribution in [2.24, 2.45) is 5.73 Å². The van der Waals surface area contributed by atoms with Crippen molar-refractivity contribution in [3.8, 4) is 0 Å². The van der Waals surface area contributed by atoms with Crippen LogP contribution in [0.15, 0.2) is 107 Å². The molecule has 19 heteroatoms. The first-order valence-electron chi connectivity index (χ1n) is 18.7. The number of likely N-dealkylation sites (tertiary alicyclic amines) is 2. The van der Waals surface area contributed by atoms with E-state index in [1.165, 1.54) is 22.2 Å². The van der Waals surface area contributed by atoms with E-state index in [1.54, 1.807) is 35.3 Å². The van der Waals surface area contributed by atoms with Gasteiger partial charge < -0.3 is 40.5 Å². The summed E-state index contributed by atoms with van der Waals surface area (Å²) in [5, 5.41) is 32.8. The van der Waals surface area contributed by atoms with Gasteiger partial charge in [0.25, 0.3) is 0 Å². The number of hydrogen-bond donors (Lipinski definition) is 4. The lowest BCUT2D eigenvalue weighted by Gasteiger charge is -2.26. The van der Waals surface area contributed by atoms with E-state index in [2.05, 4.69) is 57.1 Å². The van der Waals surface area contributed by atoms with E-state index >= 15 is 0 Å². The molecule has 61 heavy (non-hydrogen) atoms. The van der Waals surface area contributed by atoms with Gasteiger partial charge in [-0.3, -0.25) is 0 Å². The number of fused-ring (bicyclic) bond motifs is 2. The van der Waals surface area contributed by atoms with Crippen molar-refractivity contribution in [2.45, 2.75) is 50.3 Å². The molecule has 6 heterocycles. The van der Waals surface area contributed by atoms with Gasteiger partial charge in [-0.1, -0.05) is 72.3 Å². The quantitative estimate of drug-likeness (QED) is 0.120. The number of rotatable bonds is 6. The first-order valence-corrected chi connectivity index (χ1v) is 20.7. The lowest BCUT2D eigenvalue weighted by Crippen LogP contribution is -2.44. The van der Waals surface area contributed by atoms with Crippen LogP contribution in [-0.2, 0) is 22.7 Å². The molecule has 316 valence electrons. The van der Waals surface area contributed by atoms with Crippen molar-refractivity contribution in [1.82, 2.24) is 29.0 Å². The number of nitrogens with zero attached hydrogens (tertiary/aromatic N) is 8. The summed E-state index contributed by atoms with van der Waals surface area (Å²) in [4.78, 5) is 34.0. The van der Waals surface area contributed by atoms with Crippen LogP contribution in [0.4, 0.5) is 26.7 Å². The van der Waals surface area contributed by atoms with Gasteiger partial charge in [-0.2, -0.15) is 10.2 Å². The van der Waals surface area contributed by atoms with Crippen molar-refractivity contribution in [2.75, 3.05) is 31.5 Å². The monoisotopic (exact) mass is 974 g/mol. The SMILES string of the molecule is C[C@@]1(O)CN(C(=O)OCc2ccccc2)C[C@H]1N.[C-]#[N+]c1cnn2cc(Br)cc2c1Cl.[C-]#[N+]c1cnn2cc(Br)cc2c1N[C@@H]1CN(C(=O)OCc2ccccc2)C[C@@]1(C)O. The molecule has 2 aliphatic heterocycles.